The van der Waals surface area contributed by atoms with Gasteiger partial charge in [0.15, 0.2) is 5.44 Å². The van der Waals surface area contributed by atoms with Crippen LogP contribution in [0.15, 0.2) is 0 Å². The van der Waals surface area contributed by atoms with E-state index < -0.39 is 11.5 Å². The van der Waals surface area contributed by atoms with Gasteiger partial charge in [-0.3, -0.25) is 0 Å². The molecule has 0 saturated heterocycles. The van der Waals surface area contributed by atoms with Crippen molar-refractivity contribution in [1.82, 2.24) is 5.32 Å². The van der Waals surface area contributed by atoms with Gasteiger partial charge in [-0.25, -0.2) is 4.79 Å². The van der Waals surface area contributed by atoms with E-state index in [-0.39, 0.29) is 24.9 Å². The average Bonchev–Trinajstić information content (AvgIpc) is 2.03. The normalized spacial score (nSPS) is 13.8. The van der Waals surface area contributed by atoms with Crippen LogP contribution in [0.5, 0.6) is 0 Å². The first-order valence-corrected chi connectivity index (χ1v) is 5.45. The Morgan fingerprint density at radius 3 is 2.23 bits per heavy atom. The van der Waals surface area contributed by atoms with Gasteiger partial charge >= 0.3 is 6.09 Å². The second-order valence-electron chi connectivity index (χ2n) is 1.89. The molecule has 74 valence electrons. The molecule has 0 bridgehead atoms. The monoisotopic (exact) mass is 309 g/mol. The van der Waals surface area contributed by atoms with Gasteiger partial charge in [-0.05, 0) is 0 Å². The van der Waals surface area contributed by atoms with Gasteiger partial charge in [-0.1, -0.05) is 0 Å². The van der Waals surface area contributed by atoms with Gasteiger partial charge in [-0.2, -0.15) is 37.9 Å². The molecule has 0 aromatic heterocycles. The van der Waals surface area contributed by atoms with Crippen LogP contribution < -0.4 is 5.32 Å². The second kappa shape index (κ2) is 9.83. The van der Waals surface area contributed by atoms with Gasteiger partial charge in [0.05, 0.1) is 5.37 Å². The summed E-state index contributed by atoms with van der Waals surface area (Å²) in [5, 5.41) is 2.13. The SMILES string of the molecule is O=C(NC(S)CS)OC(S)CS.[Zn]. The number of carbonyl (C=O) groups is 1. The maximum atomic E-state index is 10.9. The molecule has 0 aliphatic rings. The first-order chi connectivity index (χ1) is 5.60. The Labute approximate surface area is 113 Å². The molecule has 0 aliphatic carbocycles. The molecule has 0 radical (unpaired) electrons. The summed E-state index contributed by atoms with van der Waals surface area (Å²) >= 11 is 15.7. The third kappa shape index (κ3) is 9.59. The summed E-state index contributed by atoms with van der Waals surface area (Å²) in [6.45, 7) is 0. The molecule has 0 spiro atoms. The zero-order valence-electron chi connectivity index (χ0n) is 6.88. The van der Waals surface area contributed by atoms with Crippen molar-refractivity contribution in [2.24, 2.45) is 0 Å². The van der Waals surface area contributed by atoms with Crippen LogP contribution in [0.2, 0.25) is 0 Å². The average molecular weight is 311 g/mol. The summed E-state index contributed by atoms with van der Waals surface area (Å²) in [5.74, 6) is 0.810. The van der Waals surface area contributed by atoms with Gasteiger partial charge in [0, 0.05) is 31.0 Å². The summed E-state index contributed by atoms with van der Waals surface area (Å²) in [6.07, 6.45) is -0.557. The number of thiol groups is 4. The minimum absolute atomic E-state index is 0. The first-order valence-electron chi connectivity index (χ1n) is 3.15. The molecule has 2 atom stereocenters. The van der Waals surface area contributed by atoms with E-state index in [9.17, 15) is 4.79 Å². The summed E-state index contributed by atoms with van der Waals surface area (Å²) in [6, 6.07) is 0. The zero-order chi connectivity index (χ0) is 9.56. The molecule has 0 aliphatic heterocycles. The summed E-state index contributed by atoms with van der Waals surface area (Å²) in [5.41, 5.74) is -0.492. The molecule has 0 rings (SSSR count). The van der Waals surface area contributed by atoms with Crippen LogP contribution in [0.1, 0.15) is 0 Å². The van der Waals surface area contributed by atoms with Crippen molar-refractivity contribution in [3.05, 3.63) is 0 Å². The van der Waals surface area contributed by atoms with Crippen LogP contribution in [-0.4, -0.2) is 28.4 Å². The van der Waals surface area contributed by atoms with E-state index in [1.807, 2.05) is 0 Å². The molecule has 3 nitrogen and oxygen atoms in total. The van der Waals surface area contributed by atoms with Crippen molar-refractivity contribution in [2.75, 3.05) is 11.5 Å². The number of rotatable bonds is 4. The molecule has 1 amide bonds. The molecular weight excluding hydrogens is 300 g/mol. The molecule has 0 heterocycles. The van der Waals surface area contributed by atoms with Gasteiger partial charge in [0.25, 0.3) is 0 Å². The van der Waals surface area contributed by atoms with Crippen LogP contribution >= 0.6 is 50.5 Å². The zero-order valence-corrected chi connectivity index (χ0v) is 13.4. The minimum atomic E-state index is -0.557. The van der Waals surface area contributed by atoms with Crippen LogP contribution in [0.25, 0.3) is 0 Å². The molecule has 8 heteroatoms. The van der Waals surface area contributed by atoms with Crippen molar-refractivity contribution >= 4 is 56.6 Å². The topological polar surface area (TPSA) is 38.3 Å². The summed E-state index contributed by atoms with van der Waals surface area (Å²) in [7, 11) is 0. The largest absolute Gasteiger partial charge is 0.435 e. The molecule has 0 saturated carbocycles. The van der Waals surface area contributed by atoms with Crippen molar-refractivity contribution in [3.8, 4) is 0 Å². The van der Waals surface area contributed by atoms with Crippen molar-refractivity contribution in [2.45, 2.75) is 10.8 Å². The summed E-state index contributed by atoms with van der Waals surface area (Å²) in [4.78, 5) is 10.9. The predicted molar refractivity (Wildman–Crippen MR) is 62.9 cm³/mol. The van der Waals surface area contributed by atoms with Gasteiger partial charge in [0.1, 0.15) is 0 Å². The summed E-state index contributed by atoms with van der Waals surface area (Å²) < 4.78 is 4.73. The standard InChI is InChI=1S/C5H11NO2S4.Zn/c7-5(6-3(11)1-9)8-4(12)2-10;/h3-4,9-12H,1-2H2,(H,6,7);. The van der Waals surface area contributed by atoms with Gasteiger partial charge in [-0.15, -0.1) is 12.6 Å². The Morgan fingerprint density at radius 1 is 1.31 bits per heavy atom. The number of carbonyl (C=O) groups excluding carboxylic acids is 1. The quantitative estimate of drug-likeness (QED) is 0.306. The molecule has 1 N–H and O–H groups in total. The maximum Gasteiger partial charge on any atom is 0.409 e. The van der Waals surface area contributed by atoms with Gasteiger partial charge in [0.2, 0.25) is 0 Å². The van der Waals surface area contributed by atoms with E-state index in [0.29, 0.717) is 11.5 Å². The van der Waals surface area contributed by atoms with Crippen LogP contribution in [0.3, 0.4) is 0 Å². The van der Waals surface area contributed by atoms with E-state index in [1.165, 1.54) is 0 Å². The van der Waals surface area contributed by atoms with E-state index >= 15 is 0 Å². The fraction of sp³-hybridized carbons (Fsp3) is 0.800. The van der Waals surface area contributed by atoms with Crippen LogP contribution in [0.4, 0.5) is 4.79 Å². The fourth-order valence-corrected chi connectivity index (χ4v) is 0.743. The predicted octanol–water partition coefficient (Wildman–Crippen LogP) is 1.08. The van der Waals surface area contributed by atoms with E-state index in [2.05, 4.69) is 55.8 Å². The van der Waals surface area contributed by atoms with E-state index in [1.54, 1.807) is 0 Å². The third-order valence-electron chi connectivity index (χ3n) is 0.857. The number of nitrogens with one attached hydrogen (secondary N) is 1. The van der Waals surface area contributed by atoms with Crippen LogP contribution in [0, 0.1) is 0 Å². The number of amides is 1. The molecule has 0 aromatic rings. The van der Waals surface area contributed by atoms with Crippen molar-refractivity contribution < 1.29 is 29.0 Å². The van der Waals surface area contributed by atoms with Crippen LogP contribution in [-0.2, 0) is 24.2 Å². The first kappa shape index (κ1) is 16.7. The Kier molecular flexibility index (Phi) is 12.6. The number of alkyl carbamates (subject to hydrolysis) is 1. The smallest absolute Gasteiger partial charge is 0.409 e. The molecular formula is C5H11NO2S4Zn. The Bertz CT molecular complexity index is 136. The number of ether oxygens (including phenoxy) is 1. The maximum absolute atomic E-state index is 10.9. The molecule has 0 aromatic carbocycles. The second-order valence-corrected chi connectivity index (χ2v) is 3.81. The number of hydrogen-bond donors (Lipinski definition) is 5. The Morgan fingerprint density at radius 2 is 1.85 bits per heavy atom. The minimum Gasteiger partial charge on any atom is -0.435 e. The van der Waals surface area contributed by atoms with Crippen molar-refractivity contribution in [3.63, 3.8) is 0 Å². The van der Waals surface area contributed by atoms with E-state index in [4.69, 9.17) is 4.74 Å². The van der Waals surface area contributed by atoms with Crippen molar-refractivity contribution in [1.29, 1.82) is 0 Å². The molecule has 13 heavy (non-hydrogen) atoms. The van der Waals surface area contributed by atoms with E-state index in [0.717, 1.165) is 0 Å². The Balaban J connectivity index is 0. The third-order valence-corrected chi connectivity index (χ3v) is 2.73. The fourth-order valence-electron chi connectivity index (χ4n) is 0.377. The molecule has 2 unspecified atom stereocenters. The number of hydrogen-bond acceptors (Lipinski definition) is 6. The molecule has 0 fully saturated rings. The van der Waals surface area contributed by atoms with Gasteiger partial charge < -0.3 is 10.1 Å². The Hall–Kier alpha value is 1.29.